The second kappa shape index (κ2) is 13.7. The summed E-state index contributed by atoms with van der Waals surface area (Å²) in [6.45, 7) is 10.3. The van der Waals surface area contributed by atoms with Crippen molar-refractivity contribution in [3.8, 4) is 0 Å². The first kappa shape index (κ1) is 14.7. The summed E-state index contributed by atoms with van der Waals surface area (Å²) in [6, 6.07) is 0. The first-order chi connectivity index (χ1) is 6.31. The maximum atomic E-state index is 3.98. The molecule has 0 amide bonds. The zero-order valence-corrected chi connectivity index (χ0v) is 9.67. The molecule has 0 aromatic heterocycles. The average molecular weight is 181 g/mol. The van der Waals surface area contributed by atoms with Gasteiger partial charge in [0.1, 0.15) is 0 Å². The van der Waals surface area contributed by atoms with Gasteiger partial charge in [-0.25, -0.2) is 0 Å². The molecule has 1 nitrogen and oxygen atoms in total. The Hall–Kier alpha value is -0.850. The number of rotatable bonds is 0. The third kappa shape index (κ3) is 14.1. The number of nitrogens with zero attached hydrogens (tertiary/aromatic N) is 1. The molecule has 1 rings (SSSR count). The maximum absolute atomic E-state index is 3.98. The lowest BCUT2D eigenvalue weighted by molar-refractivity contribution is 1.09. The molecule has 0 saturated carbocycles. The van der Waals surface area contributed by atoms with Gasteiger partial charge < -0.3 is 0 Å². The molecule has 1 heteroatoms. The predicted octanol–water partition coefficient (Wildman–Crippen LogP) is 4.36. The van der Waals surface area contributed by atoms with Gasteiger partial charge in [-0.15, -0.1) is 0 Å². The first-order valence-corrected chi connectivity index (χ1v) is 5.16. The molecule has 0 fully saturated rings. The van der Waals surface area contributed by atoms with E-state index >= 15 is 0 Å². The quantitative estimate of drug-likeness (QED) is 0.526. The average Bonchev–Trinajstić information content (AvgIpc) is 2.38. The minimum atomic E-state index is 1.02. The fraction of sp³-hybridized carbons (Fsp3) is 0.583. The highest BCUT2D eigenvalue weighted by Gasteiger charge is 1.82. The minimum absolute atomic E-state index is 1.02. The molecule has 76 valence electrons. The summed E-state index contributed by atoms with van der Waals surface area (Å²) in [6.07, 6.45) is 10.1. The summed E-state index contributed by atoms with van der Waals surface area (Å²) in [5, 5.41) is 0. The largest absolute Gasteiger partial charge is 0.265 e. The molecule has 0 aromatic carbocycles. The molecule has 13 heavy (non-hydrogen) atoms. The Kier molecular flexibility index (Phi) is 15.5. The van der Waals surface area contributed by atoms with Gasteiger partial charge >= 0.3 is 0 Å². The van der Waals surface area contributed by atoms with Crippen molar-refractivity contribution in [2.75, 3.05) is 0 Å². The summed E-state index contributed by atoms with van der Waals surface area (Å²) in [5.41, 5.74) is 1.25. The topological polar surface area (TPSA) is 12.4 Å². The first-order valence-electron chi connectivity index (χ1n) is 5.16. The van der Waals surface area contributed by atoms with Gasteiger partial charge in [-0.05, 0) is 18.9 Å². The molecule has 0 aliphatic carbocycles. The molecule has 0 radical (unpaired) electrons. The molecule has 0 aromatic rings. The van der Waals surface area contributed by atoms with Crippen LogP contribution < -0.4 is 0 Å². The number of hydrogen-bond acceptors (Lipinski definition) is 1. The highest BCUT2D eigenvalue weighted by atomic mass is 14.7. The molecule has 0 N–H and O–H groups in total. The van der Waals surface area contributed by atoms with E-state index in [-0.39, 0.29) is 0 Å². The number of hydrogen-bond donors (Lipinski definition) is 0. The molecule has 0 atom stereocenters. The van der Waals surface area contributed by atoms with Gasteiger partial charge in [0, 0.05) is 12.4 Å². The van der Waals surface area contributed by atoms with Crippen LogP contribution in [-0.4, -0.2) is 6.21 Å². The zero-order chi connectivity index (χ0) is 10.5. The van der Waals surface area contributed by atoms with Crippen molar-refractivity contribution >= 4 is 6.21 Å². The lowest BCUT2D eigenvalue weighted by Gasteiger charge is -1.81. The highest BCUT2D eigenvalue weighted by Crippen LogP contribution is 1.97. The smallest absolute Gasteiger partial charge is 0.0293 e. The maximum Gasteiger partial charge on any atom is 0.0293 e. The molecular formula is C12H23N. The van der Waals surface area contributed by atoms with Crippen molar-refractivity contribution in [2.45, 2.75) is 47.5 Å². The van der Waals surface area contributed by atoms with Gasteiger partial charge in [-0.3, -0.25) is 4.99 Å². The van der Waals surface area contributed by atoms with Crippen molar-refractivity contribution in [1.29, 1.82) is 0 Å². The Balaban J connectivity index is 0. The van der Waals surface area contributed by atoms with E-state index < -0.39 is 0 Å². The standard InChI is InChI=1S/C7H9N.C3H8.C2H6/c1-7-4-2-3-5-8-6-7;1-3-2;1-2/h3-6H,2H2,1H3;3H2,1-2H3;1-2H3. The Morgan fingerprint density at radius 3 is 2.38 bits per heavy atom. The SMILES string of the molecule is CC.CC1=CCC=CN=C1.CCC. The van der Waals surface area contributed by atoms with Crippen molar-refractivity contribution in [1.82, 2.24) is 0 Å². The third-order valence-corrected chi connectivity index (χ3v) is 1.05. The van der Waals surface area contributed by atoms with Crippen LogP contribution in [-0.2, 0) is 0 Å². The zero-order valence-electron chi connectivity index (χ0n) is 9.67. The predicted molar refractivity (Wildman–Crippen MR) is 63.3 cm³/mol. The summed E-state index contributed by atoms with van der Waals surface area (Å²) in [5.74, 6) is 0. The van der Waals surface area contributed by atoms with E-state index in [4.69, 9.17) is 0 Å². The van der Waals surface area contributed by atoms with Crippen LogP contribution in [0.2, 0.25) is 0 Å². The Morgan fingerprint density at radius 2 is 1.85 bits per heavy atom. The van der Waals surface area contributed by atoms with Gasteiger partial charge in [0.05, 0.1) is 0 Å². The van der Waals surface area contributed by atoms with E-state index in [0.717, 1.165) is 6.42 Å². The van der Waals surface area contributed by atoms with E-state index in [0.29, 0.717) is 0 Å². The molecule has 0 unspecified atom stereocenters. The second-order valence-electron chi connectivity index (χ2n) is 2.55. The van der Waals surface area contributed by atoms with Crippen LogP contribution >= 0.6 is 0 Å². The monoisotopic (exact) mass is 181 g/mol. The molecule has 1 aliphatic heterocycles. The fourth-order valence-electron chi connectivity index (χ4n) is 0.589. The van der Waals surface area contributed by atoms with E-state index in [9.17, 15) is 0 Å². The van der Waals surface area contributed by atoms with Gasteiger partial charge in [-0.1, -0.05) is 46.3 Å². The van der Waals surface area contributed by atoms with E-state index in [1.807, 2.05) is 32.3 Å². The minimum Gasteiger partial charge on any atom is -0.265 e. The van der Waals surface area contributed by atoms with Crippen LogP contribution in [0.3, 0.4) is 0 Å². The Bertz CT molecular complexity index is 161. The molecular weight excluding hydrogens is 158 g/mol. The van der Waals surface area contributed by atoms with Crippen LogP contribution in [0.25, 0.3) is 0 Å². The van der Waals surface area contributed by atoms with Gasteiger partial charge in [0.25, 0.3) is 0 Å². The lowest BCUT2D eigenvalue weighted by Crippen LogP contribution is -1.71. The Morgan fingerprint density at radius 1 is 1.31 bits per heavy atom. The van der Waals surface area contributed by atoms with Crippen molar-refractivity contribution in [3.63, 3.8) is 0 Å². The molecule has 0 bridgehead atoms. The number of allylic oxidation sites excluding steroid dienone is 3. The highest BCUT2D eigenvalue weighted by molar-refractivity contribution is 5.78. The van der Waals surface area contributed by atoms with E-state index in [1.165, 1.54) is 12.0 Å². The third-order valence-electron chi connectivity index (χ3n) is 1.05. The van der Waals surface area contributed by atoms with Crippen LogP contribution in [0.1, 0.15) is 47.5 Å². The lowest BCUT2D eigenvalue weighted by atomic mass is 10.3. The summed E-state index contributed by atoms with van der Waals surface area (Å²) in [4.78, 5) is 3.98. The molecule has 0 saturated heterocycles. The summed E-state index contributed by atoms with van der Waals surface area (Å²) < 4.78 is 0. The van der Waals surface area contributed by atoms with E-state index in [2.05, 4.69) is 31.8 Å². The van der Waals surface area contributed by atoms with Crippen LogP contribution in [0.5, 0.6) is 0 Å². The number of aliphatic imine (C=N–C) groups is 1. The second-order valence-corrected chi connectivity index (χ2v) is 2.55. The molecule has 1 heterocycles. The van der Waals surface area contributed by atoms with Crippen molar-refractivity contribution in [2.24, 2.45) is 4.99 Å². The van der Waals surface area contributed by atoms with Crippen LogP contribution in [0, 0.1) is 0 Å². The molecule has 0 spiro atoms. The van der Waals surface area contributed by atoms with Crippen molar-refractivity contribution in [3.05, 3.63) is 23.9 Å². The van der Waals surface area contributed by atoms with Gasteiger partial charge in [0.15, 0.2) is 0 Å². The summed E-state index contributed by atoms with van der Waals surface area (Å²) >= 11 is 0. The van der Waals surface area contributed by atoms with Gasteiger partial charge in [0.2, 0.25) is 0 Å². The Labute approximate surface area is 83.3 Å². The normalized spacial score (nSPS) is 12.8. The summed E-state index contributed by atoms with van der Waals surface area (Å²) in [7, 11) is 0. The fourth-order valence-corrected chi connectivity index (χ4v) is 0.589. The van der Waals surface area contributed by atoms with Gasteiger partial charge in [-0.2, -0.15) is 0 Å². The van der Waals surface area contributed by atoms with E-state index in [1.54, 1.807) is 0 Å². The van der Waals surface area contributed by atoms with Crippen molar-refractivity contribution < 1.29 is 0 Å². The van der Waals surface area contributed by atoms with Crippen LogP contribution in [0.15, 0.2) is 28.9 Å². The van der Waals surface area contributed by atoms with Crippen LogP contribution in [0.4, 0.5) is 0 Å². The molecule has 1 aliphatic rings.